The third-order valence-electron chi connectivity index (χ3n) is 3.71. The Bertz CT molecular complexity index is 547. The summed E-state index contributed by atoms with van der Waals surface area (Å²) in [4.78, 5) is 3.46. The van der Waals surface area contributed by atoms with Gasteiger partial charge >= 0.3 is 0 Å². The van der Waals surface area contributed by atoms with Crippen LogP contribution in [0.1, 0.15) is 52.1 Å². The molecule has 0 unspecified atom stereocenters. The van der Waals surface area contributed by atoms with Gasteiger partial charge in [0.1, 0.15) is 0 Å². The average Bonchev–Trinajstić information content (AvgIpc) is 3.13. The number of H-pyrrole nitrogens is 1. The summed E-state index contributed by atoms with van der Waals surface area (Å²) in [5.74, 6) is 0. The topological polar surface area (TPSA) is 65.2 Å². The zero-order valence-electron chi connectivity index (χ0n) is 13.2. The van der Waals surface area contributed by atoms with Crippen molar-refractivity contribution in [1.29, 1.82) is 0 Å². The number of aromatic nitrogens is 1. The van der Waals surface area contributed by atoms with Crippen molar-refractivity contribution in [2.75, 3.05) is 6.54 Å². The molecule has 0 aliphatic heterocycles. The predicted molar refractivity (Wildman–Crippen MR) is 84.6 cm³/mol. The largest absolute Gasteiger partial charge is 0.363 e. The van der Waals surface area contributed by atoms with E-state index in [-0.39, 0.29) is 6.04 Å². The number of rotatable bonds is 9. The van der Waals surface area contributed by atoms with Crippen LogP contribution in [0.3, 0.4) is 0 Å². The van der Waals surface area contributed by atoms with E-state index in [0.717, 1.165) is 31.4 Å². The fourth-order valence-corrected chi connectivity index (χ4v) is 4.04. The van der Waals surface area contributed by atoms with E-state index in [2.05, 4.69) is 31.1 Å². The number of aromatic amines is 1. The number of nitrogens with zero attached hydrogens (tertiary/aromatic N) is 1. The second-order valence-electron chi connectivity index (χ2n) is 6.10. The number of hydrogen-bond acceptors (Lipinski definition) is 3. The molecule has 6 heteroatoms. The first kappa shape index (κ1) is 16.5. The zero-order chi connectivity index (χ0) is 15.5. The van der Waals surface area contributed by atoms with E-state index < -0.39 is 10.0 Å². The molecule has 0 radical (unpaired) electrons. The van der Waals surface area contributed by atoms with Crippen molar-refractivity contribution in [3.8, 4) is 0 Å². The second kappa shape index (κ2) is 6.94. The van der Waals surface area contributed by atoms with E-state index >= 15 is 0 Å². The van der Waals surface area contributed by atoms with E-state index in [1.165, 1.54) is 0 Å². The van der Waals surface area contributed by atoms with Crippen LogP contribution in [0.5, 0.6) is 0 Å². The molecule has 1 aromatic heterocycles. The Morgan fingerprint density at radius 3 is 2.71 bits per heavy atom. The maximum absolute atomic E-state index is 12.8. The van der Waals surface area contributed by atoms with Gasteiger partial charge < -0.3 is 10.3 Å². The summed E-state index contributed by atoms with van der Waals surface area (Å²) >= 11 is 0. The Kier molecular flexibility index (Phi) is 5.46. The molecule has 0 spiro atoms. The van der Waals surface area contributed by atoms with Crippen LogP contribution in [-0.2, 0) is 16.6 Å². The average molecular weight is 313 g/mol. The monoisotopic (exact) mass is 313 g/mol. The smallest absolute Gasteiger partial charge is 0.244 e. The summed E-state index contributed by atoms with van der Waals surface area (Å²) in [6.45, 7) is 7.52. The van der Waals surface area contributed by atoms with E-state index in [0.29, 0.717) is 24.0 Å². The van der Waals surface area contributed by atoms with Gasteiger partial charge in [-0.2, -0.15) is 4.31 Å². The lowest BCUT2D eigenvalue weighted by atomic mass is 10.3. The molecule has 0 bridgehead atoms. The molecular formula is C15H27N3O2S. The highest BCUT2D eigenvalue weighted by Gasteiger charge is 2.37. The zero-order valence-corrected chi connectivity index (χ0v) is 14.0. The number of sulfonamides is 1. The molecule has 120 valence electrons. The van der Waals surface area contributed by atoms with Crippen LogP contribution in [0.2, 0.25) is 0 Å². The van der Waals surface area contributed by atoms with Gasteiger partial charge in [0.25, 0.3) is 0 Å². The van der Waals surface area contributed by atoms with Crippen LogP contribution in [0.15, 0.2) is 17.2 Å². The van der Waals surface area contributed by atoms with Gasteiger partial charge in [-0.05, 0) is 25.3 Å². The quantitative estimate of drug-likeness (QED) is 0.736. The van der Waals surface area contributed by atoms with Crippen molar-refractivity contribution in [2.24, 2.45) is 0 Å². The summed E-state index contributed by atoms with van der Waals surface area (Å²) < 4.78 is 27.2. The molecule has 1 aliphatic rings. The third kappa shape index (κ3) is 4.31. The van der Waals surface area contributed by atoms with Gasteiger partial charge in [-0.15, -0.1) is 0 Å². The predicted octanol–water partition coefficient (Wildman–Crippen LogP) is 2.47. The minimum Gasteiger partial charge on any atom is -0.363 e. The van der Waals surface area contributed by atoms with E-state index in [4.69, 9.17) is 0 Å². The van der Waals surface area contributed by atoms with Crippen molar-refractivity contribution in [3.05, 3.63) is 18.0 Å². The van der Waals surface area contributed by atoms with Crippen LogP contribution >= 0.6 is 0 Å². The standard InChI is InChI=1S/C15H27N3O2S/c1-4-5-8-18(14-6-7-14)21(19,20)15-9-13(17-11-15)10-16-12(2)3/h9,11-12,14,16-17H,4-8,10H2,1-3H3. The molecule has 1 saturated carbocycles. The molecule has 0 saturated heterocycles. The first-order chi connectivity index (χ1) is 9.95. The van der Waals surface area contributed by atoms with Crippen molar-refractivity contribution in [2.45, 2.75) is 70.0 Å². The number of hydrogen-bond donors (Lipinski definition) is 2. The van der Waals surface area contributed by atoms with Gasteiger partial charge in [0, 0.05) is 37.1 Å². The first-order valence-corrected chi connectivity index (χ1v) is 9.31. The van der Waals surface area contributed by atoms with Crippen LogP contribution in [0.4, 0.5) is 0 Å². The molecule has 21 heavy (non-hydrogen) atoms. The maximum atomic E-state index is 12.8. The summed E-state index contributed by atoms with van der Waals surface area (Å²) in [5.41, 5.74) is 0.911. The Morgan fingerprint density at radius 2 is 2.14 bits per heavy atom. The molecule has 1 heterocycles. The van der Waals surface area contributed by atoms with Gasteiger partial charge in [0.05, 0.1) is 4.90 Å². The van der Waals surface area contributed by atoms with E-state index in [1.54, 1.807) is 16.6 Å². The normalized spacial score (nSPS) is 16.0. The lowest BCUT2D eigenvalue weighted by molar-refractivity contribution is 0.396. The molecule has 0 aromatic carbocycles. The molecule has 5 nitrogen and oxygen atoms in total. The van der Waals surface area contributed by atoms with Crippen LogP contribution < -0.4 is 5.32 Å². The lowest BCUT2D eigenvalue weighted by Crippen LogP contribution is -2.33. The highest BCUT2D eigenvalue weighted by atomic mass is 32.2. The minimum atomic E-state index is -3.35. The molecule has 1 aliphatic carbocycles. The summed E-state index contributed by atoms with van der Waals surface area (Å²) in [6.07, 6.45) is 5.54. The second-order valence-corrected chi connectivity index (χ2v) is 7.99. The summed E-state index contributed by atoms with van der Waals surface area (Å²) in [6, 6.07) is 2.35. The van der Waals surface area contributed by atoms with Crippen LogP contribution in [0.25, 0.3) is 0 Å². The van der Waals surface area contributed by atoms with Gasteiger partial charge in [-0.1, -0.05) is 27.2 Å². The Labute approximate surface area is 128 Å². The molecule has 0 atom stereocenters. The van der Waals surface area contributed by atoms with Crippen LogP contribution in [0, 0.1) is 0 Å². The van der Waals surface area contributed by atoms with E-state index in [1.807, 2.05) is 0 Å². The maximum Gasteiger partial charge on any atom is 0.244 e. The van der Waals surface area contributed by atoms with Gasteiger partial charge in [-0.25, -0.2) is 8.42 Å². The van der Waals surface area contributed by atoms with Gasteiger partial charge in [0.2, 0.25) is 10.0 Å². The Morgan fingerprint density at radius 1 is 1.43 bits per heavy atom. The molecule has 1 fully saturated rings. The fraction of sp³-hybridized carbons (Fsp3) is 0.733. The SMILES string of the molecule is CCCCN(C1CC1)S(=O)(=O)c1c[nH]c(CNC(C)C)c1. The van der Waals surface area contributed by atoms with E-state index in [9.17, 15) is 8.42 Å². The first-order valence-electron chi connectivity index (χ1n) is 7.87. The fourth-order valence-electron chi connectivity index (χ4n) is 2.29. The Hall–Kier alpha value is -0.850. The molecule has 0 amide bonds. The minimum absolute atomic E-state index is 0.216. The highest BCUT2D eigenvalue weighted by Crippen LogP contribution is 2.32. The summed E-state index contributed by atoms with van der Waals surface area (Å²) in [5, 5.41) is 3.29. The van der Waals surface area contributed by atoms with Gasteiger partial charge in [0.15, 0.2) is 0 Å². The van der Waals surface area contributed by atoms with Crippen molar-refractivity contribution in [1.82, 2.24) is 14.6 Å². The van der Waals surface area contributed by atoms with Crippen LogP contribution in [-0.4, -0.2) is 36.3 Å². The third-order valence-corrected chi connectivity index (χ3v) is 5.64. The number of nitrogens with one attached hydrogen (secondary N) is 2. The van der Waals surface area contributed by atoms with Crippen molar-refractivity contribution < 1.29 is 8.42 Å². The molecular weight excluding hydrogens is 286 g/mol. The highest BCUT2D eigenvalue weighted by molar-refractivity contribution is 7.89. The lowest BCUT2D eigenvalue weighted by Gasteiger charge is -2.20. The molecule has 2 rings (SSSR count). The summed E-state index contributed by atoms with van der Waals surface area (Å²) in [7, 11) is -3.35. The van der Waals surface area contributed by atoms with Gasteiger partial charge in [-0.3, -0.25) is 0 Å². The Balaban J connectivity index is 2.10. The van der Waals surface area contributed by atoms with Crippen molar-refractivity contribution in [3.63, 3.8) is 0 Å². The van der Waals surface area contributed by atoms with Crippen molar-refractivity contribution >= 4 is 10.0 Å². The molecule has 1 aromatic rings. The molecule has 2 N–H and O–H groups in total. The number of unbranched alkanes of at least 4 members (excludes halogenated alkanes) is 1.